The number of hydrazine groups is 1. The Morgan fingerprint density at radius 1 is 1.21 bits per heavy atom. The van der Waals surface area contributed by atoms with Crippen molar-refractivity contribution in [2.75, 3.05) is 13.3 Å². The number of nitrogens with zero attached hydrogens (tertiary/aromatic N) is 1. The molecule has 4 aliphatic rings. The van der Waals surface area contributed by atoms with Crippen molar-refractivity contribution in [3.05, 3.63) is 23.8 Å². The van der Waals surface area contributed by atoms with E-state index < -0.39 is 6.04 Å². The van der Waals surface area contributed by atoms with E-state index in [1.807, 2.05) is 18.2 Å². The molecule has 28 heavy (non-hydrogen) atoms. The molecule has 2 saturated heterocycles. The Balaban J connectivity index is 1.27. The second-order valence-corrected chi connectivity index (χ2v) is 8.12. The highest BCUT2D eigenvalue weighted by molar-refractivity contribution is 5.91. The number of amides is 2. The van der Waals surface area contributed by atoms with Gasteiger partial charge in [-0.25, -0.2) is 0 Å². The molecule has 3 N–H and O–H groups in total. The molecular formula is C20H26N4O4. The first-order chi connectivity index (χ1) is 13.7. The second kappa shape index (κ2) is 7.25. The molecule has 2 amide bonds. The fraction of sp³-hybridized carbons (Fsp3) is 0.600. The number of carbonyl (C=O) groups excluding carboxylic acids is 2. The zero-order chi connectivity index (χ0) is 19.1. The fourth-order valence-electron chi connectivity index (χ4n) is 4.92. The molecule has 0 spiro atoms. The Labute approximate surface area is 163 Å². The van der Waals surface area contributed by atoms with Crippen LogP contribution in [0.5, 0.6) is 11.5 Å². The maximum absolute atomic E-state index is 13.0. The maximum Gasteiger partial charge on any atom is 0.243 e. The molecule has 8 nitrogen and oxygen atoms in total. The number of hydrogen-bond donors (Lipinski definition) is 3. The van der Waals surface area contributed by atoms with E-state index in [1.165, 1.54) is 6.42 Å². The van der Waals surface area contributed by atoms with Crippen molar-refractivity contribution in [1.29, 1.82) is 0 Å². The van der Waals surface area contributed by atoms with Crippen molar-refractivity contribution >= 4 is 11.8 Å². The molecule has 0 aromatic heterocycles. The van der Waals surface area contributed by atoms with Gasteiger partial charge >= 0.3 is 0 Å². The number of carbonyl (C=O) groups is 2. The molecular weight excluding hydrogens is 360 g/mol. The lowest BCUT2D eigenvalue weighted by atomic mass is 9.82. The monoisotopic (exact) mass is 386 g/mol. The van der Waals surface area contributed by atoms with E-state index in [-0.39, 0.29) is 30.7 Å². The van der Waals surface area contributed by atoms with E-state index in [9.17, 15) is 9.59 Å². The fourth-order valence-corrected chi connectivity index (χ4v) is 4.92. The summed E-state index contributed by atoms with van der Waals surface area (Å²) in [6.45, 7) is 1.58. The summed E-state index contributed by atoms with van der Waals surface area (Å²) in [6.07, 6.45) is 4.28. The SMILES string of the molecule is O=C(NC1CCCC2CNNC21)C1CCC(=O)N1Cc1ccc2c(c1)OCO2. The normalized spacial score (nSPS) is 31.1. The van der Waals surface area contributed by atoms with Gasteiger partial charge in [0.25, 0.3) is 0 Å². The lowest BCUT2D eigenvalue weighted by Gasteiger charge is -2.35. The van der Waals surface area contributed by atoms with Gasteiger partial charge < -0.3 is 19.7 Å². The van der Waals surface area contributed by atoms with E-state index in [2.05, 4.69) is 16.2 Å². The molecule has 3 heterocycles. The Morgan fingerprint density at radius 3 is 3.04 bits per heavy atom. The van der Waals surface area contributed by atoms with Crippen LogP contribution in [0.15, 0.2) is 18.2 Å². The van der Waals surface area contributed by atoms with Crippen LogP contribution in [0.25, 0.3) is 0 Å². The molecule has 3 aliphatic heterocycles. The van der Waals surface area contributed by atoms with Crippen molar-refractivity contribution in [1.82, 2.24) is 21.1 Å². The van der Waals surface area contributed by atoms with Crippen LogP contribution in [0, 0.1) is 5.92 Å². The highest BCUT2D eigenvalue weighted by Crippen LogP contribution is 2.34. The molecule has 4 unspecified atom stereocenters. The zero-order valence-corrected chi connectivity index (χ0v) is 15.8. The summed E-state index contributed by atoms with van der Waals surface area (Å²) in [5.41, 5.74) is 7.48. The predicted octanol–water partition coefficient (Wildman–Crippen LogP) is 0.668. The van der Waals surface area contributed by atoms with E-state index >= 15 is 0 Å². The molecule has 1 aromatic carbocycles. The summed E-state index contributed by atoms with van der Waals surface area (Å²) in [7, 11) is 0. The smallest absolute Gasteiger partial charge is 0.243 e. The van der Waals surface area contributed by atoms with Crippen molar-refractivity contribution in [3.8, 4) is 11.5 Å². The Hall–Kier alpha value is -2.32. The van der Waals surface area contributed by atoms with Gasteiger partial charge in [-0.05, 0) is 42.9 Å². The summed E-state index contributed by atoms with van der Waals surface area (Å²) in [5.74, 6) is 1.97. The molecule has 150 valence electrons. The Morgan fingerprint density at radius 2 is 2.11 bits per heavy atom. The molecule has 1 saturated carbocycles. The summed E-state index contributed by atoms with van der Waals surface area (Å²) >= 11 is 0. The van der Waals surface area contributed by atoms with Gasteiger partial charge in [0.15, 0.2) is 11.5 Å². The average molecular weight is 386 g/mol. The molecule has 3 fully saturated rings. The van der Waals surface area contributed by atoms with E-state index in [4.69, 9.17) is 9.47 Å². The first-order valence-electron chi connectivity index (χ1n) is 10.2. The highest BCUT2D eigenvalue weighted by atomic mass is 16.7. The average Bonchev–Trinajstić information content (AvgIpc) is 3.42. The number of likely N-dealkylation sites (tertiary alicyclic amines) is 1. The third kappa shape index (κ3) is 3.20. The summed E-state index contributed by atoms with van der Waals surface area (Å²) < 4.78 is 10.8. The third-order valence-corrected chi connectivity index (χ3v) is 6.41. The van der Waals surface area contributed by atoms with Crippen LogP contribution < -0.4 is 25.6 Å². The minimum absolute atomic E-state index is 0.0278. The molecule has 5 rings (SSSR count). The van der Waals surface area contributed by atoms with E-state index in [1.54, 1.807) is 4.90 Å². The highest BCUT2D eigenvalue weighted by Gasteiger charge is 2.41. The molecule has 0 radical (unpaired) electrons. The number of ether oxygens (including phenoxy) is 2. The topological polar surface area (TPSA) is 91.9 Å². The van der Waals surface area contributed by atoms with Crippen molar-refractivity contribution in [2.24, 2.45) is 5.92 Å². The van der Waals surface area contributed by atoms with Gasteiger partial charge in [-0.3, -0.25) is 20.4 Å². The second-order valence-electron chi connectivity index (χ2n) is 8.12. The molecule has 4 atom stereocenters. The standard InChI is InChI=1S/C20H26N4O4/c25-18-7-5-15(20(26)22-14-3-1-2-13-9-21-23-19(13)14)24(18)10-12-4-6-16-17(8-12)28-11-27-16/h4,6,8,13-15,19,21,23H,1-3,5,7,9-11H2,(H,22,26). The van der Waals surface area contributed by atoms with Crippen LogP contribution in [0.3, 0.4) is 0 Å². The van der Waals surface area contributed by atoms with Crippen molar-refractivity contribution in [3.63, 3.8) is 0 Å². The van der Waals surface area contributed by atoms with Gasteiger partial charge in [0.05, 0.1) is 0 Å². The van der Waals surface area contributed by atoms with Crippen LogP contribution >= 0.6 is 0 Å². The minimum Gasteiger partial charge on any atom is -0.454 e. The van der Waals surface area contributed by atoms with Gasteiger partial charge in [-0.1, -0.05) is 12.5 Å². The van der Waals surface area contributed by atoms with Crippen molar-refractivity contribution < 1.29 is 19.1 Å². The number of rotatable bonds is 4. The number of hydrogen-bond acceptors (Lipinski definition) is 6. The van der Waals surface area contributed by atoms with Gasteiger partial charge in [0.2, 0.25) is 18.6 Å². The third-order valence-electron chi connectivity index (χ3n) is 6.41. The lowest BCUT2D eigenvalue weighted by molar-refractivity contribution is -0.136. The first-order valence-corrected chi connectivity index (χ1v) is 10.2. The van der Waals surface area contributed by atoms with Gasteiger partial charge in [-0.15, -0.1) is 0 Å². The number of nitrogens with one attached hydrogen (secondary N) is 3. The van der Waals surface area contributed by atoms with Gasteiger partial charge in [0.1, 0.15) is 6.04 Å². The lowest BCUT2D eigenvalue weighted by Crippen LogP contribution is -2.56. The molecule has 1 aromatic rings. The summed E-state index contributed by atoms with van der Waals surface area (Å²) in [5, 5.41) is 3.23. The van der Waals surface area contributed by atoms with Crippen LogP contribution in [0.1, 0.15) is 37.7 Å². The predicted molar refractivity (Wildman–Crippen MR) is 100 cm³/mol. The van der Waals surface area contributed by atoms with Crippen LogP contribution in [-0.4, -0.2) is 48.2 Å². The molecule has 0 bridgehead atoms. The minimum atomic E-state index is -0.410. The Kier molecular flexibility index (Phi) is 4.60. The van der Waals surface area contributed by atoms with E-state index in [0.29, 0.717) is 31.1 Å². The quantitative estimate of drug-likeness (QED) is 0.705. The number of benzene rings is 1. The first kappa shape index (κ1) is 17.8. The van der Waals surface area contributed by atoms with Gasteiger partial charge in [-0.2, -0.15) is 0 Å². The van der Waals surface area contributed by atoms with Crippen molar-refractivity contribution in [2.45, 2.75) is 56.8 Å². The van der Waals surface area contributed by atoms with Crippen LogP contribution in [0.2, 0.25) is 0 Å². The molecule has 1 aliphatic carbocycles. The summed E-state index contributed by atoms with van der Waals surface area (Å²) in [4.78, 5) is 27.2. The van der Waals surface area contributed by atoms with Crippen LogP contribution in [-0.2, 0) is 16.1 Å². The maximum atomic E-state index is 13.0. The largest absolute Gasteiger partial charge is 0.454 e. The Bertz CT molecular complexity index is 785. The number of fused-ring (bicyclic) bond motifs is 2. The van der Waals surface area contributed by atoms with Crippen LogP contribution in [0.4, 0.5) is 0 Å². The molecule has 8 heteroatoms. The van der Waals surface area contributed by atoms with E-state index in [0.717, 1.165) is 30.7 Å². The summed E-state index contributed by atoms with van der Waals surface area (Å²) in [6, 6.07) is 5.65. The van der Waals surface area contributed by atoms with Gasteiger partial charge in [0, 0.05) is 31.6 Å². The zero-order valence-electron chi connectivity index (χ0n) is 15.8.